The first kappa shape index (κ1) is 29.5. The highest BCUT2D eigenvalue weighted by Gasteiger charge is 2.28. The summed E-state index contributed by atoms with van der Waals surface area (Å²) in [5, 5.41) is 8.30. The Morgan fingerprint density at radius 3 is 1.43 bits per heavy atom. The van der Waals surface area contributed by atoms with Gasteiger partial charge in [0.15, 0.2) is 27.6 Å². The van der Waals surface area contributed by atoms with Gasteiger partial charge in [-0.15, -0.1) is 0 Å². The Bertz CT molecular complexity index is 1770. The number of carbonyl (C=O) groups is 1. The third-order valence-electron chi connectivity index (χ3n) is 6.26. The number of hydrogen-bond acceptors (Lipinski definition) is 11. The number of furan rings is 2. The highest BCUT2D eigenvalue weighted by molar-refractivity contribution is 7.19. The Labute approximate surface area is 263 Å². The lowest BCUT2D eigenvalue weighted by atomic mass is 9.98. The van der Waals surface area contributed by atoms with Crippen LogP contribution in [0.15, 0.2) is 82.3 Å². The lowest BCUT2D eigenvalue weighted by Crippen LogP contribution is -2.25. The summed E-state index contributed by atoms with van der Waals surface area (Å²) in [6, 6.07) is 14.4. The van der Waals surface area contributed by atoms with Crippen LogP contribution in [0, 0.1) is 0 Å². The molecule has 9 nitrogen and oxygen atoms in total. The van der Waals surface area contributed by atoms with Crippen LogP contribution in [0.2, 0.25) is 0 Å². The van der Waals surface area contributed by atoms with E-state index in [1.165, 1.54) is 22.7 Å². The predicted octanol–water partition coefficient (Wildman–Crippen LogP) is 8.90. The molecule has 0 aliphatic carbocycles. The topological polar surface area (TPSA) is 119 Å². The van der Waals surface area contributed by atoms with Crippen molar-refractivity contribution in [3.05, 3.63) is 84.6 Å². The minimum absolute atomic E-state index is 0.218. The maximum absolute atomic E-state index is 14.5. The van der Waals surface area contributed by atoms with Gasteiger partial charge in [0.25, 0.3) is 0 Å². The summed E-state index contributed by atoms with van der Waals surface area (Å²) in [4.78, 5) is 35.1. The van der Waals surface area contributed by atoms with E-state index in [0.29, 0.717) is 55.7 Å². The normalized spacial score (nSPS) is 12.0. The molecule has 0 aliphatic rings. The molecule has 11 heteroatoms. The molecule has 0 fully saturated rings. The largest absolute Gasteiger partial charge is 0.463 e. The molecule has 0 bridgehead atoms. The maximum Gasteiger partial charge on any atom is 0.197 e. The molecule has 0 saturated heterocycles. The predicted molar refractivity (Wildman–Crippen MR) is 176 cm³/mol. The zero-order valence-corrected chi connectivity index (χ0v) is 26.9. The molecule has 0 spiro atoms. The van der Waals surface area contributed by atoms with Crippen molar-refractivity contribution in [3.8, 4) is 44.1 Å². The van der Waals surface area contributed by atoms with Gasteiger partial charge in [0, 0.05) is 34.6 Å². The van der Waals surface area contributed by atoms with Gasteiger partial charge in [0.2, 0.25) is 0 Å². The number of nitrogens with zero attached hydrogens (tertiary/aromatic N) is 4. The van der Waals surface area contributed by atoms with Gasteiger partial charge in [-0.1, -0.05) is 22.7 Å². The van der Waals surface area contributed by atoms with Crippen molar-refractivity contribution in [2.75, 3.05) is 10.6 Å². The molecule has 2 N–H and O–H groups in total. The van der Waals surface area contributed by atoms with E-state index in [-0.39, 0.29) is 16.9 Å². The molecule has 0 atom stereocenters. The molecule has 224 valence electrons. The summed E-state index contributed by atoms with van der Waals surface area (Å²) in [6.07, 6.45) is 6.58. The first-order valence-electron chi connectivity index (χ1n) is 14.1. The fraction of sp³-hybridized carbons (Fsp3) is 0.242. The lowest BCUT2D eigenvalue weighted by Gasteiger charge is -2.19. The molecule has 6 rings (SSSR count). The van der Waals surface area contributed by atoms with Gasteiger partial charge < -0.3 is 19.5 Å². The van der Waals surface area contributed by atoms with E-state index >= 15 is 0 Å². The van der Waals surface area contributed by atoms with E-state index in [4.69, 9.17) is 28.8 Å². The second-order valence-corrected chi connectivity index (χ2v) is 14.2. The molecule has 0 aromatic carbocycles. The Hall–Kier alpha value is -4.61. The van der Waals surface area contributed by atoms with Gasteiger partial charge in [0.1, 0.15) is 11.4 Å². The highest BCUT2D eigenvalue weighted by atomic mass is 32.1. The van der Waals surface area contributed by atoms with Gasteiger partial charge >= 0.3 is 0 Å². The molecule has 0 saturated carbocycles. The van der Waals surface area contributed by atoms with Crippen molar-refractivity contribution in [2.24, 2.45) is 0 Å². The number of aromatic nitrogens is 4. The quantitative estimate of drug-likeness (QED) is 0.160. The zero-order chi connectivity index (χ0) is 31.1. The van der Waals surface area contributed by atoms with Gasteiger partial charge in [0.05, 0.1) is 33.7 Å². The standard InChI is InChI=1S/C33H32N6O3S2/c1-32(2,3)38-30-36-25(21-13-9-17-41-21)28(43-30)23-19(11-7-15-34-23)27(40)20-12-8-16-35-24(20)29-26(22-14-10-18-42-22)37-31(44-29)39-33(4,5)6/h7-18H,1-6H3,(H,36,38)(H,37,39). The van der Waals surface area contributed by atoms with Crippen molar-refractivity contribution in [1.82, 2.24) is 19.9 Å². The molecule has 0 aliphatic heterocycles. The number of carbonyl (C=O) groups excluding carboxylic acids is 1. The van der Waals surface area contributed by atoms with Crippen molar-refractivity contribution < 1.29 is 13.6 Å². The van der Waals surface area contributed by atoms with Gasteiger partial charge in [-0.3, -0.25) is 14.8 Å². The number of hydrogen-bond donors (Lipinski definition) is 2. The van der Waals surface area contributed by atoms with Crippen LogP contribution in [-0.2, 0) is 0 Å². The van der Waals surface area contributed by atoms with Crippen LogP contribution in [0.1, 0.15) is 57.5 Å². The molecule has 0 radical (unpaired) electrons. The fourth-order valence-electron chi connectivity index (χ4n) is 4.55. The van der Waals surface area contributed by atoms with E-state index in [0.717, 1.165) is 9.75 Å². The highest BCUT2D eigenvalue weighted by Crippen LogP contribution is 2.43. The Morgan fingerprint density at radius 2 is 1.07 bits per heavy atom. The van der Waals surface area contributed by atoms with Crippen molar-refractivity contribution in [3.63, 3.8) is 0 Å². The van der Waals surface area contributed by atoms with Gasteiger partial charge in [-0.25, -0.2) is 9.97 Å². The number of thiazole rings is 2. The van der Waals surface area contributed by atoms with Crippen molar-refractivity contribution in [1.29, 1.82) is 0 Å². The number of pyridine rings is 2. The summed E-state index contributed by atoms with van der Waals surface area (Å²) in [5.41, 5.74) is 2.69. The molecule has 6 aromatic heterocycles. The Morgan fingerprint density at radius 1 is 0.636 bits per heavy atom. The summed E-state index contributed by atoms with van der Waals surface area (Å²) < 4.78 is 11.5. The van der Waals surface area contributed by atoms with E-state index in [2.05, 4.69) is 52.2 Å². The van der Waals surface area contributed by atoms with Crippen LogP contribution in [-0.4, -0.2) is 36.8 Å². The number of rotatable bonds is 8. The Balaban J connectivity index is 1.48. The molecular weight excluding hydrogens is 593 g/mol. The van der Waals surface area contributed by atoms with Crippen LogP contribution < -0.4 is 10.6 Å². The maximum atomic E-state index is 14.5. The Kier molecular flexibility index (Phi) is 7.68. The summed E-state index contributed by atoms with van der Waals surface area (Å²) >= 11 is 2.87. The molecule has 6 heterocycles. The van der Waals surface area contributed by atoms with Crippen LogP contribution in [0.3, 0.4) is 0 Å². The molecular formula is C33H32N6O3S2. The fourth-order valence-corrected chi connectivity index (χ4v) is 6.93. The van der Waals surface area contributed by atoms with Crippen LogP contribution >= 0.6 is 22.7 Å². The average Bonchev–Trinajstić information content (AvgIpc) is 3.78. The number of ketones is 1. The minimum Gasteiger partial charge on any atom is -0.463 e. The molecule has 0 amide bonds. The summed E-state index contributed by atoms with van der Waals surface area (Å²) in [7, 11) is 0. The SMILES string of the molecule is CC(C)(C)Nc1nc(-c2ccco2)c(-c2ncccc2C(=O)c2cccnc2-c2sc(NC(C)(C)C)nc2-c2ccco2)s1. The van der Waals surface area contributed by atoms with Gasteiger partial charge in [-0.05, 0) is 90.1 Å². The second-order valence-electron chi connectivity index (χ2n) is 12.2. The molecule has 0 unspecified atom stereocenters. The van der Waals surface area contributed by atoms with E-state index in [1.54, 1.807) is 49.2 Å². The smallest absolute Gasteiger partial charge is 0.197 e. The van der Waals surface area contributed by atoms with Crippen LogP contribution in [0.4, 0.5) is 10.3 Å². The first-order valence-corrected chi connectivity index (χ1v) is 15.7. The third kappa shape index (κ3) is 6.20. The number of nitrogens with one attached hydrogen (secondary N) is 2. The van der Waals surface area contributed by atoms with E-state index in [1.807, 2.05) is 24.3 Å². The third-order valence-corrected chi connectivity index (χ3v) is 8.22. The van der Waals surface area contributed by atoms with E-state index in [9.17, 15) is 4.79 Å². The lowest BCUT2D eigenvalue weighted by molar-refractivity contribution is 0.103. The zero-order valence-electron chi connectivity index (χ0n) is 25.3. The summed E-state index contributed by atoms with van der Waals surface area (Å²) in [6.45, 7) is 12.4. The van der Waals surface area contributed by atoms with Crippen LogP contribution in [0.25, 0.3) is 44.1 Å². The van der Waals surface area contributed by atoms with Crippen molar-refractivity contribution >= 4 is 38.7 Å². The van der Waals surface area contributed by atoms with Crippen molar-refractivity contribution in [2.45, 2.75) is 52.6 Å². The number of anilines is 2. The summed E-state index contributed by atoms with van der Waals surface area (Å²) in [5.74, 6) is 0.969. The second kappa shape index (κ2) is 11.5. The van der Waals surface area contributed by atoms with Crippen LogP contribution in [0.5, 0.6) is 0 Å². The van der Waals surface area contributed by atoms with E-state index < -0.39 is 0 Å². The van der Waals surface area contributed by atoms with Gasteiger partial charge in [-0.2, -0.15) is 0 Å². The monoisotopic (exact) mass is 624 g/mol. The molecule has 6 aromatic rings. The minimum atomic E-state index is -0.218. The molecule has 44 heavy (non-hydrogen) atoms. The first-order chi connectivity index (χ1) is 21.0. The average molecular weight is 625 g/mol.